The number of carbonyl (C=O) groups excluding carboxylic acids is 1. The van der Waals surface area contributed by atoms with Gasteiger partial charge >= 0.3 is 0 Å². The predicted molar refractivity (Wildman–Crippen MR) is 42.9 cm³/mol. The van der Waals surface area contributed by atoms with Gasteiger partial charge in [-0.15, -0.1) is 6.58 Å². The van der Waals surface area contributed by atoms with Gasteiger partial charge in [0.1, 0.15) is 0 Å². The highest BCUT2D eigenvalue weighted by atomic mass is 16.1. The summed E-state index contributed by atoms with van der Waals surface area (Å²) in [6.45, 7) is 9.76. The van der Waals surface area contributed by atoms with Gasteiger partial charge < -0.3 is 5.32 Å². The molecule has 0 saturated carbocycles. The Kier molecular flexibility index (Phi) is 4.50. The summed E-state index contributed by atoms with van der Waals surface area (Å²) >= 11 is 0. The molecule has 0 saturated heterocycles. The summed E-state index contributed by atoms with van der Waals surface area (Å²) in [6.07, 6.45) is 1.71. The van der Waals surface area contributed by atoms with E-state index < -0.39 is 0 Å². The minimum Gasteiger partial charge on any atom is -0.306 e. The summed E-state index contributed by atoms with van der Waals surface area (Å²) in [5.41, 5.74) is 0.594. The van der Waals surface area contributed by atoms with Gasteiger partial charge in [0.05, 0.1) is 6.54 Å². The van der Waals surface area contributed by atoms with Crippen LogP contribution in [-0.4, -0.2) is 18.9 Å². The molecule has 0 aromatic rings. The third kappa shape index (κ3) is 4.04. The molecule has 0 fully saturated rings. The minimum absolute atomic E-state index is 0.0573. The van der Waals surface area contributed by atoms with Crippen molar-refractivity contribution < 1.29 is 4.79 Å². The molecule has 0 heterocycles. The molecule has 1 N–H and O–H groups in total. The van der Waals surface area contributed by atoms with Gasteiger partial charge in [-0.05, 0) is 12.5 Å². The first-order valence-electron chi connectivity index (χ1n) is 3.18. The first kappa shape index (κ1) is 9.11. The molecule has 0 aromatic carbocycles. The van der Waals surface area contributed by atoms with Crippen molar-refractivity contribution in [3.63, 3.8) is 0 Å². The first-order chi connectivity index (χ1) is 4.68. The van der Waals surface area contributed by atoms with E-state index in [0.29, 0.717) is 18.7 Å². The van der Waals surface area contributed by atoms with Crippen molar-refractivity contribution in [3.05, 3.63) is 24.8 Å². The van der Waals surface area contributed by atoms with Gasteiger partial charge in [-0.2, -0.15) is 0 Å². The lowest BCUT2D eigenvalue weighted by atomic mass is 10.2. The number of Topliss-reactive ketones (excluding diaryl/α,β-unsaturated/α-hetero) is 1. The third-order valence-electron chi connectivity index (χ3n) is 1.05. The van der Waals surface area contributed by atoms with Crippen LogP contribution in [0.2, 0.25) is 0 Å². The van der Waals surface area contributed by atoms with E-state index in [-0.39, 0.29) is 5.78 Å². The molecule has 10 heavy (non-hydrogen) atoms. The van der Waals surface area contributed by atoms with Gasteiger partial charge in [0.2, 0.25) is 0 Å². The Morgan fingerprint density at radius 2 is 2.30 bits per heavy atom. The number of ketones is 1. The van der Waals surface area contributed by atoms with Crippen molar-refractivity contribution in [2.75, 3.05) is 13.1 Å². The standard InChI is InChI=1S/C8H13NO/c1-4-5-9-6-8(10)7(2)3/h4,9H,1-2,5-6H2,3H3. The van der Waals surface area contributed by atoms with Gasteiger partial charge in [-0.1, -0.05) is 12.7 Å². The monoisotopic (exact) mass is 139 g/mol. The molecule has 0 aliphatic heterocycles. The Labute approximate surface area is 61.6 Å². The fraction of sp³-hybridized carbons (Fsp3) is 0.375. The van der Waals surface area contributed by atoms with E-state index in [1.54, 1.807) is 13.0 Å². The molecular formula is C8H13NO. The van der Waals surface area contributed by atoms with E-state index in [2.05, 4.69) is 18.5 Å². The normalized spacial score (nSPS) is 8.90. The van der Waals surface area contributed by atoms with Crippen LogP contribution in [0, 0.1) is 0 Å². The number of hydrogen-bond acceptors (Lipinski definition) is 2. The second-order valence-corrected chi connectivity index (χ2v) is 2.12. The number of hydrogen-bond donors (Lipinski definition) is 1. The lowest BCUT2D eigenvalue weighted by Crippen LogP contribution is -2.23. The van der Waals surface area contributed by atoms with Gasteiger partial charge in [-0.25, -0.2) is 0 Å². The SMILES string of the molecule is C=CCNCC(=O)C(=C)C. The van der Waals surface area contributed by atoms with Crippen LogP contribution in [0.3, 0.4) is 0 Å². The Morgan fingerprint density at radius 1 is 1.70 bits per heavy atom. The summed E-state index contributed by atoms with van der Waals surface area (Å²) in [7, 11) is 0. The maximum atomic E-state index is 10.8. The van der Waals surface area contributed by atoms with Crippen molar-refractivity contribution in [1.29, 1.82) is 0 Å². The van der Waals surface area contributed by atoms with Crippen LogP contribution in [0.15, 0.2) is 24.8 Å². The smallest absolute Gasteiger partial charge is 0.171 e. The zero-order valence-corrected chi connectivity index (χ0v) is 6.31. The highest BCUT2D eigenvalue weighted by molar-refractivity contribution is 5.95. The molecule has 0 aliphatic rings. The van der Waals surface area contributed by atoms with Crippen molar-refractivity contribution in [3.8, 4) is 0 Å². The van der Waals surface area contributed by atoms with E-state index >= 15 is 0 Å². The molecule has 2 nitrogen and oxygen atoms in total. The third-order valence-corrected chi connectivity index (χ3v) is 1.05. The minimum atomic E-state index is 0.0573. The topological polar surface area (TPSA) is 29.1 Å². The van der Waals surface area contributed by atoms with Crippen molar-refractivity contribution >= 4 is 5.78 Å². The molecular weight excluding hydrogens is 126 g/mol. The summed E-state index contributed by atoms with van der Waals surface area (Å²) in [5.74, 6) is 0.0573. The molecule has 0 spiro atoms. The zero-order chi connectivity index (χ0) is 7.98. The van der Waals surface area contributed by atoms with Crippen LogP contribution in [0.5, 0.6) is 0 Å². The maximum absolute atomic E-state index is 10.8. The van der Waals surface area contributed by atoms with E-state index in [4.69, 9.17) is 0 Å². The molecule has 0 unspecified atom stereocenters. The van der Waals surface area contributed by atoms with Crippen LogP contribution < -0.4 is 5.32 Å². The van der Waals surface area contributed by atoms with Gasteiger partial charge in [0.25, 0.3) is 0 Å². The summed E-state index contributed by atoms with van der Waals surface area (Å²) in [6, 6.07) is 0. The van der Waals surface area contributed by atoms with E-state index in [1.165, 1.54) is 0 Å². The quantitative estimate of drug-likeness (QED) is 0.348. The van der Waals surface area contributed by atoms with Crippen molar-refractivity contribution in [1.82, 2.24) is 5.32 Å². The van der Waals surface area contributed by atoms with Crippen molar-refractivity contribution in [2.45, 2.75) is 6.92 Å². The Morgan fingerprint density at radius 3 is 2.70 bits per heavy atom. The molecule has 2 heteroatoms. The molecule has 56 valence electrons. The first-order valence-corrected chi connectivity index (χ1v) is 3.18. The van der Waals surface area contributed by atoms with Gasteiger partial charge in [0, 0.05) is 6.54 Å². The van der Waals surface area contributed by atoms with Crippen LogP contribution in [-0.2, 0) is 4.79 Å². The maximum Gasteiger partial charge on any atom is 0.171 e. The zero-order valence-electron chi connectivity index (χ0n) is 6.31. The Hall–Kier alpha value is -0.890. The molecule has 0 atom stereocenters. The summed E-state index contributed by atoms with van der Waals surface area (Å²) in [5, 5.41) is 2.89. The summed E-state index contributed by atoms with van der Waals surface area (Å²) in [4.78, 5) is 10.8. The second kappa shape index (κ2) is 4.94. The summed E-state index contributed by atoms with van der Waals surface area (Å²) < 4.78 is 0. The molecule has 0 amide bonds. The lowest BCUT2D eigenvalue weighted by Gasteiger charge is -1.98. The van der Waals surface area contributed by atoms with Gasteiger partial charge in [0.15, 0.2) is 5.78 Å². The van der Waals surface area contributed by atoms with E-state index in [9.17, 15) is 4.79 Å². The largest absolute Gasteiger partial charge is 0.306 e. The van der Waals surface area contributed by atoms with E-state index in [0.717, 1.165) is 0 Å². The van der Waals surface area contributed by atoms with Crippen LogP contribution in [0.4, 0.5) is 0 Å². The van der Waals surface area contributed by atoms with Crippen LogP contribution >= 0.6 is 0 Å². The Bertz CT molecular complexity index is 149. The molecule has 0 rings (SSSR count). The molecule has 0 radical (unpaired) electrons. The molecule has 0 aromatic heterocycles. The fourth-order valence-electron chi connectivity index (χ4n) is 0.439. The van der Waals surface area contributed by atoms with Crippen LogP contribution in [0.1, 0.15) is 6.92 Å². The number of carbonyl (C=O) groups is 1. The fourth-order valence-corrected chi connectivity index (χ4v) is 0.439. The van der Waals surface area contributed by atoms with Crippen LogP contribution in [0.25, 0.3) is 0 Å². The average Bonchev–Trinajstić information content (AvgIpc) is 1.88. The predicted octanol–water partition coefficient (Wildman–Crippen LogP) is 0.907. The molecule has 0 bridgehead atoms. The highest BCUT2D eigenvalue weighted by Gasteiger charge is 1.98. The van der Waals surface area contributed by atoms with Gasteiger partial charge in [-0.3, -0.25) is 4.79 Å². The highest BCUT2D eigenvalue weighted by Crippen LogP contribution is 1.86. The number of rotatable bonds is 5. The second-order valence-electron chi connectivity index (χ2n) is 2.12. The molecule has 0 aliphatic carbocycles. The van der Waals surface area contributed by atoms with E-state index in [1.807, 2.05) is 0 Å². The van der Waals surface area contributed by atoms with Crippen molar-refractivity contribution in [2.24, 2.45) is 0 Å². The average molecular weight is 139 g/mol. The number of nitrogens with one attached hydrogen (secondary N) is 1. The Balaban J connectivity index is 3.40. The lowest BCUT2D eigenvalue weighted by molar-refractivity contribution is -0.114.